The number of benzene rings is 1. The van der Waals surface area contributed by atoms with Crippen molar-refractivity contribution in [2.75, 3.05) is 0 Å². The molecule has 0 aliphatic rings. The van der Waals surface area contributed by atoms with E-state index in [1.54, 1.807) is 0 Å². The minimum atomic E-state index is -0.155. The largest absolute Gasteiger partial charge is 0.324 e. The van der Waals surface area contributed by atoms with Gasteiger partial charge in [0.25, 0.3) is 0 Å². The van der Waals surface area contributed by atoms with Crippen LogP contribution in [-0.4, -0.2) is 0 Å². The Morgan fingerprint density at radius 3 is 2.20 bits per heavy atom. The van der Waals surface area contributed by atoms with Gasteiger partial charge in [-0.2, -0.15) is 0 Å². The molecule has 2 heteroatoms. The van der Waals surface area contributed by atoms with E-state index in [9.17, 15) is 0 Å². The first-order valence-corrected chi connectivity index (χ1v) is 3.42. The van der Waals surface area contributed by atoms with Crippen molar-refractivity contribution in [2.45, 2.75) is 6.04 Å². The molecule has 0 spiro atoms. The van der Waals surface area contributed by atoms with Crippen LogP contribution < -0.4 is 5.73 Å². The minimum absolute atomic E-state index is 0.155. The number of hydrogen-bond donors (Lipinski definition) is 1. The average Bonchev–Trinajstić information content (AvgIpc) is 1.88. The fraction of sp³-hybridized carbons (Fsp3) is 0.125. The van der Waals surface area contributed by atoms with E-state index in [4.69, 9.17) is 17.3 Å². The fourth-order valence-corrected chi connectivity index (χ4v) is 0.836. The van der Waals surface area contributed by atoms with E-state index < -0.39 is 0 Å². The van der Waals surface area contributed by atoms with Crippen LogP contribution >= 0.6 is 11.6 Å². The molecule has 1 aromatic rings. The van der Waals surface area contributed by atoms with Crippen molar-refractivity contribution < 1.29 is 0 Å². The smallest absolute Gasteiger partial charge is 0.0406 e. The zero-order valence-corrected chi connectivity index (χ0v) is 6.31. The molecule has 0 bridgehead atoms. The molecular formula is C8H9ClN. The molecule has 0 heterocycles. The molecule has 0 saturated carbocycles. The van der Waals surface area contributed by atoms with Crippen molar-refractivity contribution >= 4 is 11.6 Å². The van der Waals surface area contributed by atoms with Crippen LogP contribution in [0.25, 0.3) is 0 Å². The monoisotopic (exact) mass is 154 g/mol. The summed E-state index contributed by atoms with van der Waals surface area (Å²) in [5.41, 5.74) is 6.51. The van der Waals surface area contributed by atoms with E-state index in [1.807, 2.05) is 24.3 Å². The molecule has 0 fully saturated rings. The van der Waals surface area contributed by atoms with Crippen LogP contribution in [0.1, 0.15) is 11.6 Å². The Morgan fingerprint density at radius 1 is 1.30 bits per heavy atom. The molecule has 0 aromatic heterocycles. The van der Waals surface area contributed by atoms with Gasteiger partial charge in [-0.3, -0.25) is 0 Å². The third-order valence-electron chi connectivity index (χ3n) is 1.30. The van der Waals surface area contributed by atoms with Crippen molar-refractivity contribution in [3.05, 3.63) is 41.8 Å². The summed E-state index contributed by atoms with van der Waals surface area (Å²) >= 11 is 5.66. The average molecular weight is 155 g/mol. The molecule has 0 amide bonds. The second-order valence-corrected chi connectivity index (χ2v) is 2.59. The van der Waals surface area contributed by atoms with Crippen molar-refractivity contribution in [2.24, 2.45) is 5.73 Å². The molecule has 1 radical (unpaired) electrons. The van der Waals surface area contributed by atoms with Gasteiger partial charge in [-0.15, -0.1) is 0 Å². The highest BCUT2D eigenvalue weighted by molar-refractivity contribution is 6.30. The molecule has 0 aliphatic carbocycles. The number of hydrogen-bond acceptors (Lipinski definition) is 1. The van der Waals surface area contributed by atoms with E-state index in [0.717, 1.165) is 10.6 Å². The van der Waals surface area contributed by atoms with Crippen LogP contribution in [0.4, 0.5) is 0 Å². The van der Waals surface area contributed by atoms with Gasteiger partial charge in [0, 0.05) is 11.1 Å². The van der Waals surface area contributed by atoms with Gasteiger partial charge in [0.05, 0.1) is 0 Å². The van der Waals surface area contributed by atoms with E-state index in [2.05, 4.69) is 6.92 Å². The van der Waals surface area contributed by atoms with Gasteiger partial charge in [0.2, 0.25) is 0 Å². The van der Waals surface area contributed by atoms with Gasteiger partial charge in [-0.25, -0.2) is 0 Å². The summed E-state index contributed by atoms with van der Waals surface area (Å²) in [5.74, 6) is 0. The van der Waals surface area contributed by atoms with Gasteiger partial charge in [-0.05, 0) is 24.6 Å². The Kier molecular flexibility index (Phi) is 2.30. The second kappa shape index (κ2) is 3.04. The van der Waals surface area contributed by atoms with Crippen molar-refractivity contribution in [1.29, 1.82) is 0 Å². The van der Waals surface area contributed by atoms with E-state index in [1.165, 1.54) is 0 Å². The molecule has 53 valence electrons. The highest BCUT2D eigenvalue weighted by atomic mass is 35.5. The molecular weight excluding hydrogens is 146 g/mol. The lowest BCUT2D eigenvalue weighted by Gasteiger charge is -2.03. The summed E-state index contributed by atoms with van der Waals surface area (Å²) in [6.45, 7) is 3.67. The Hall–Kier alpha value is -0.530. The van der Waals surface area contributed by atoms with Gasteiger partial charge >= 0.3 is 0 Å². The molecule has 10 heavy (non-hydrogen) atoms. The van der Waals surface area contributed by atoms with E-state index >= 15 is 0 Å². The molecule has 1 unspecified atom stereocenters. The SMILES string of the molecule is [CH2]C(N)c1ccc(Cl)cc1. The van der Waals surface area contributed by atoms with Crippen molar-refractivity contribution in [3.8, 4) is 0 Å². The van der Waals surface area contributed by atoms with Crippen LogP contribution in [0.3, 0.4) is 0 Å². The van der Waals surface area contributed by atoms with E-state index in [0.29, 0.717) is 0 Å². The van der Waals surface area contributed by atoms with Crippen molar-refractivity contribution in [3.63, 3.8) is 0 Å². The molecule has 0 aliphatic heterocycles. The molecule has 0 saturated heterocycles. The lowest BCUT2D eigenvalue weighted by atomic mass is 10.1. The summed E-state index contributed by atoms with van der Waals surface area (Å²) in [5, 5.41) is 0.726. The molecule has 1 atom stereocenters. The Balaban J connectivity index is 2.89. The van der Waals surface area contributed by atoms with Crippen LogP contribution in [0.15, 0.2) is 24.3 Å². The lowest BCUT2D eigenvalue weighted by molar-refractivity contribution is 0.908. The molecule has 1 nitrogen and oxygen atoms in total. The van der Waals surface area contributed by atoms with E-state index in [-0.39, 0.29) is 6.04 Å². The standard InChI is InChI=1S/C8H9ClN/c1-6(10)7-2-4-8(9)5-3-7/h2-6H,1,10H2. The van der Waals surface area contributed by atoms with Crippen LogP contribution in [0.2, 0.25) is 5.02 Å². The van der Waals surface area contributed by atoms with Gasteiger partial charge in [0.15, 0.2) is 0 Å². The zero-order chi connectivity index (χ0) is 7.56. The van der Waals surface area contributed by atoms with Crippen LogP contribution in [-0.2, 0) is 0 Å². The van der Waals surface area contributed by atoms with Crippen LogP contribution in [0, 0.1) is 6.92 Å². The fourth-order valence-electron chi connectivity index (χ4n) is 0.710. The second-order valence-electron chi connectivity index (χ2n) is 2.16. The first-order valence-electron chi connectivity index (χ1n) is 3.04. The highest BCUT2D eigenvalue weighted by Gasteiger charge is 1.96. The number of nitrogens with two attached hydrogens (primary N) is 1. The molecule has 1 aromatic carbocycles. The summed E-state index contributed by atoms with van der Waals surface area (Å²) in [6.07, 6.45) is 0. The normalized spacial score (nSPS) is 13.1. The highest BCUT2D eigenvalue weighted by Crippen LogP contribution is 2.13. The first-order chi connectivity index (χ1) is 4.70. The van der Waals surface area contributed by atoms with Gasteiger partial charge < -0.3 is 5.73 Å². The number of halogens is 1. The maximum absolute atomic E-state index is 5.66. The zero-order valence-electron chi connectivity index (χ0n) is 5.55. The minimum Gasteiger partial charge on any atom is -0.324 e. The van der Waals surface area contributed by atoms with Crippen molar-refractivity contribution in [1.82, 2.24) is 0 Å². The van der Waals surface area contributed by atoms with Gasteiger partial charge in [0.1, 0.15) is 0 Å². The Bertz CT molecular complexity index is 203. The maximum Gasteiger partial charge on any atom is 0.0406 e. The topological polar surface area (TPSA) is 26.0 Å². The third kappa shape index (κ3) is 1.72. The van der Waals surface area contributed by atoms with Gasteiger partial charge in [-0.1, -0.05) is 23.7 Å². The molecule has 2 N–H and O–H groups in total. The predicted molar refractivity (Wildman–Crippen MR) is 43.7 cm³/mol. The predicted octanol–water partition coefficient (Wildman–Crippen LogP) is 2.17. The summed E-state index contributed by atoms with van der Waals surface area (Å²) in [6, 6.07) is 7.21. The molecule has 1 rings (SSSR count). The maximum atomic E-state index is 5.66. The Labute approximate surface area is 65.8 Å². The quantitative estimate of drug-likeness (QED) is 0.659. The third-order valence-corrected chi connectivity index (χ3v) is 1.55. The number of rotatable bonds is 1. The summed E-state index contributed by atoms with van der Waals surface area (Å²) < 4.78 is 0. The Morgan fingerprint density at radius 2 is 1.80 bits per heavy atom. The summed E-state index contributed by atoms with van der Waals surface area (Å²) in [7, 11) is 0. The lowest BCUT2D eigenvalue weighted by Crippen LogP contribution is -2.04. The summed E-state index contributed by atoms with van der Waals surface area (Å²) in [4.78, 5) is 0. The first kappa shape index (κ1) is 7.58. The van der Waals surface area contributed by atoms with Crippen LogP contribution in [0.5, 0.6) is 0 Å².